The molecule has 8 heteroatoms. The van der Waals surface area contributed by atoms with Crippen LogP contribution < -0.4 is 5.32 Å². The Bertz CT molecular complexity index is 1220. The Morgan fingerprint density at radius 1 is 1.13 bits per heavy atom. The molecule has 1 N–H and O–H groups in total. The van der Waals surface area contributed by atoms with E-state index in [0.29, 0.717) is 28.7 Å². The number of nitrogens with one attached hydrogen (secondary N) is 1. The molecule has 0 radical (unpaired) electrons. The molecular weight excluding hydrogens is 535 g/mol. The van der Waals surface area contributed by atoms with Gasteiger partial charge in [0.1, 0.15) is 5.41 Å². The van der Waals surface area contributed by atoms with Crippen LogP contribution in [0, 0.1) is 11.3 Å². The number of rotatable bonds is 11. The van der Waals surface area contributed by atoms with Crippen LogP contribution in [0.15, 0.2) is 60.3 Å². The Hall–Kier alpha value is -2.83. The van der Waals surface area contributed by atoms with Gasteiger partial charge in [-0.15, -0.1) is 0 Å². The van der Waals surface area contributed by atoms with E-state index in [-0.39, 0.29) is 43.8 Å². The van der Waals surface area contributed by atoms with Crippen LogP contribution in [-0.4, -0.2) is 35.8 Å². The molecule has 0 saturated carbocycles. The van der Waals surface area contributed by atoms with Crippen molar-refractivity contribution in [1.82, 2.24) is 10.2 Å². The van der Waals surface area contributed by atoms with E-state index in [4.69, 9.17) is 27.9 Å². The van der Waals surface area contributed by atoms with Crippen LogP contribution >= 0.6 is 23.2 Å². The molecule has 2 aromatic carbocycles. The third-order valence-corrected chi connectivity index (χ3v) is 8.22. The van der Waals surface area contributed by atoms with E-state index in [2.05, 4.69) is 17.4 Å². The van der Waals surface area contributed by atoms with Crippen LogP contribution in [0.4, 0.5) is 0 Å². The van der Waals surface area contributed by atoms with Gasteiger partial charge >= 0.3 is 5.97 Å². The van der Waals surface area contributed by atoms with Gasteiger partial charge in [0.2, 0.25) is 11.8 Å². The third kappa shape index (κ3) is 7.03. The summed E-state index contributed by atoms with van der Waals surface area (Å²) in [5, 5.41) is 3.93. The quantitative estimate of drug-likeness (QED) is 0.247. The van der Waals surface area contributed by atoms with E-state index in [9.17, 15) is 14.4 Å². The van der Waals surface area contributed by atoms with E-state index >= 15 is 0 Å². The van der Waals surface area contributed by atoms with Gasteiger partial charge in [-0.25, -0.2) is 0 Å². The topological polar surface area (TPSA) is 75.7 Å². The summed E-state index contributed by atoms with van der Waals surface area (Å²) in [7, 11) is 0. The maximum absolute atomic E-state index is 13.8. The minimum Gasteiger partial charge on any atom is -0.465 e. The van der Waals surface area contributed by atoms with Gasteiger partial charge in [0, 0.05) is 34.6 Å². The van der Waals surface area contributed by atoms with Crippen LogP contribution in [-0.2, 0) is 32.1 Å². The smallest absolute Gasteiger partial charge is 0.318 e. The predicted octanol–water partition coefficient (Wildman–Crippen LogP) is 6.49. The van der Waals surface area contributed by atoms with Crippen molar-refractivity contribution in [2.45, 2.75) is 64.8 Å². The molecule has 2 aromatic rings. The molecule has 6 nitrogen and oxygen atoms in total. The third-order valence-electron chi connectivity index (χ3n) is 7.64. The Morgan fingerprint density at radius 2 is 1.92 bits per heavy atom. The molecule has 0 unspecified atom stereocenters. The number of unbranched alkanes of at least 4 members (excludes halogenated alkanes) is 1. The lowest BCUT2D eigenvalue weighted by atomic mass is 9.66. The minimum absolute atomic E-state index is 0.0246. The second kappa shape index (κ2) is 13.5. The number of piperidine rings is 1. The summed E-state index contributed by atoms with van der Waals surface area (Å²) in [5.74, 6) is -1.32. The lowest BCUT2D eigenvalue weighted by Crippen LogP contribution is -2.54. The monoisotopic (exact) mass is 570 g/mol. The summed E-state index contributed by atoms with van der Waals surface area (Å²) in [6, 6.07) is 15.4. The van der Waals surface area contributed by atoms with Crippen LogP contribution in [0.2, 0.25) is 10.0 Å². The molecule has 0 spiro atoms. The molecule has 39 heavy (non-hydrogen) atoms. The second-order valence-electron chi connectivity index (χ2n) is 10.3. The van der Waals surface area contributed by atoms with Gasteiger partial charge < -0.3 is 15.0 Å². The Labute approximate surface area is 240 Å². The van der Waals surface area contributed by atoms with Crippen molar-refractivity contribution in [3.8, 4) is 0 Å². The highest BCUT2D eigenvalue weighted by atomic mass is 35.5. The van der Waals surface area contributed by atoms with Gasteiger partial charge in [-0.3, -0.25) is 14.4 Å². The number of nitrogens with zero attached hydrogens (tertiary/aromatic N) is 1. The number of hydrogen-bond acceptors (Lipinski definition) is 4. The fraction of sp³-hybridized carbons (Fsp3) is 0.452. The number of likely N-dealkylation sites (tertiary alicyclic amines) is 1. The standard InChI is InChI=1S/C31H36Cl2N2O4/c1-2-39-30(38)31-16-8-6-13-27(31)35(21-23-14-15-25(32)19-26(23)33)29(37)24(20-31)18-28(36)34-17-9-7-12-22-10-4-3-5-11-22/h3-5,10-11,13-15,19,24H,2,6-9,12,16-18,20-21H2,1H3,(H,34,36)/t24-,31+/m1/s1. The fourth-order valence-corrected chi connectivity index (χ4v) is 6.18. The number of aryl methyl sites for hydroxylation is 1. The average Bonchev–Trinajstić information content (AvgIpc) is 2.92. The SMILES string of the molecule is CCOC(=O)[C@]12CCCC=C1N(Cc1ccc(Cl)cc1Cl)C(=O)[C@H](CC(=O)NCCCCc1ccccc1)C2. The van der Waals surface area contributed by atoms with Crippen LogP contribution in [0.25, 0.3) is 0 Å². The molecule has 208 valence electrons. The van der Waals surface area contributed by atoms with E-state index in [1.165, 1.54) is 5.56 Å². The van der Waals surface area contributed by atoms with Crippen LogP contribution in [0.3, 0.4) is 0 Å². The van der Waals surface area contributed by atoms with Crippen molar-refractivity contribution in [3.05, 3.63) is 81.5 Å². The van der Waals surface area contributed by atoms with Crippen molar-refractivity contribution >= 4 is 41.0 Å². The van der Waals surface area contributed by atoms with Gasteiger partial charge in [-0.05, 0) is 75.1 Å². The van der Waals surface area contributed by atoms with Gasteiger partial charge in [0.15, 0.2) is 0 Å². The highest BCUT2D eigenvalue weighted by Gasteiger charge is 2.54. The number of fused-ring (bicyclic) bond motifs is 1. The minimum atomic E-state index is -0.957. The first-order chi connectivity index (χ1) is 18.8. The highest BCUT2D eigenvalue weighted by Crippen LogP contribution is 2.50. The number of carbonyl (C=O) groups is 3. The van der Waals surface area contributed by atoms with Crippen molar-refractivity contribution in [2.24, 2.45) is 11.3 Å². The molecular formula is C31H36Cl2N2O4. The van der Waals surface area contributed by atoms with E-state index in [1.54, 1.807) is 30.0 Å². The zero-order valence-electron chi connectivity index (χ0n) is 22.4. The van der Waals surface area contributed by atoms with Crippen molar-refractivity contribution < 1.29 is 19.1 Å². The van der Waals surface area contributed by atoms with Crippen molar-refractivity contribution in [3.63, 3.8) is 0 Å². The maximum Gasteiger partial charge on any atom is 0.318 e. The van der Waals surface area contributed by atoms with Crippen molar-refractivity contribution in [2.75, 3.05) is 13.2 Å². The fourth-order valence-electron chi connectivity index (χ4n) is 5.71. The summed E-state index contributed by atoms with van der Waals surface area (Å²) in [6.07, 6.45) is 7.19. The summed E-state index contributed by atoms with van der Waals surface area (Å²) in [4.78, 5) is 41.9. The number of carbonyl (C=O) groups excluding carboxylic acids is 3. The van der Waals surface area contributed by atoms with Gasteiger partial charge in [-0.1, -0.05) is 65.7 Å². The van der Waals surface area contributed by atoms with Crippen LogP contribution in [0.5, 0.6) is 0 Å². The van der Waals surface area contributed by atoms with Crippen LogP contribution in [0.1, 0.15) is 63.0 Å². The first-order valence-electron chi connectivity index (χ1n) is 13.8. The Kier molecular flexibility index (Phi) is 10.1. The first-order valence-corrected chi connectivity index (χ1v) is 14.5. The molecule has 1 aliphatic heterocycles. The molecule has 2 atom stereocenters. The predicted molar refractivity (Wildman–Crippen MR) is 153 cm³/mol. The molecule has 0 aromatic heterocycles. The zero-order valence-corrected chi connectivity index (χ0v) is 23.9. The average molecular weight is 572 g/mol. The second-order valence-corrected chi connectivity index (χ2v) is 11.2. The van der Waals surface area contributed by atoms with Gasteiger partial charge in [0.05, 0.1) is 13.2 Å². The molecule has 2 aliphatic rings. The molecule has 4 rings (SSSR count). The van der Waals surface area contributed by atoms with E-state index in [0.717, 1.165) is 37.7 Å². The Morgan fingerprint density at radius 3 is 2.67 bits per heavy atom. The molecule has 1 heterocycles. The normalized spacial score (nSPS) is 20.7. The molecule has 1 fully saturated rings. The Balaban J connectivity index is 1.48. The lowest BCUT2D eigenvalue weighted by molar-refractivity contribution is -0.162. The lowest BCUT2D eigenvalue weighted by Gasteiger charge is -2.48. The number of amides is 2. The maximum atomic E-state index is 13.8. The van der Waals surface area contributed by atoms with E-state index < -0.39 is 11.3 Å². The number of esters is 1. The number of allylic oxidation sites excluding steroid dienone is 1. The summed E-state index contributed by atoms with van der Waals surface area (Å²) >= 11 is 12.6. The van der Waals surface area contributed by atoms with Crippen molar-refractivity contribution in [1.29, 1.82) is 0 Å². The highest BCUT2D eigenvalue weighted by molar-refractivity contribution is 6.35. The summed E-state index contributed by atoms with van der Waals surface area (Å²) < 4.78 is 5.53. The summed E-state index contributed by atoms with van der Waals surface area (Å²) in [5.41, 5.74) is 1.71. The first kappa shape index (κ1) is 29.2. The van der Waals surface area contributed by atoms with E-state index in [1.807, 2.05) is 24.3 Å². The number of ether oxygens (including phenoxy) is 1. The largest absolute Gasteiger partial charge is 0.465 e. The number of hydrogen-bond donors (Lipinski definition) is 1. The molecule has 1 saturated heterocycles. The van der Waals surface area contributed by atoms with Gasteiger partial charge in [0.25, 0.3) is 0 Å². The molecule has 0 bridgehead atoms. The molecule has 2 amide bonds. The molecule has 1 aliphatic carbocycles. The van der Waals surface area contributed by atoms with Gasteiger partial charge in [-0.2, -0.15) is 0 Å². The zero-order chi connectivity index (χ0) is 27.8. The number of halogens is 2. The summed E-state index contributed by atoms with van der Waals surface area (Å²) in [6.45, 7) is 2.77. The number of benzene rings is 2.